The fourth-order valence-electron chi connectivity index (χ4n) is 1.07. The molecule has 66 valence electrons. The number of H-pyrrole nitrogens is 1. The van der Waals surface area contributed by atoms with Crippen LogP contribution in [0.2, 0.25) is 10.0 Å². The number of aromatic nitrogens is 3. The largest absolute Gasteiger partial charge is 0.265 e. The monoisotopic (exact) mass is 213 g/mol. The average Bonchev–Trinajstić information content (AvgIpc) is 2.57. The summed E-state index contributed by atoms with van der Waals surface area (Å²) in [5, 5.41) is 11.2. The van der Waals surface area contributed by atoms with Gasteiger partial charge in [0.15, 0.2) is 0 Å². The van der Waals surface area contributed by atoms with Gasteiger partial charge < -0.3 is 0 Å². The van der Waals surface area contributed by atoms with E-state index in [0.29, 0.717) is 21.3 Å². The smallest absolute Gasteiger partial charge is 0.115 e. The second-order valence-corrected chi connectivity index (χ2v) is 3.27. The van der Waals surface area contributed by atoms with Gasteiger partial charge in [-0.1, -0.05) is 34.5 Å². The molecule has 2 rings (SSSR count). The average molecular weight is 214 g/mol. The van der Waals surface area contributed by atoms with Crippen molar-refractivity contribution in [1.29, 1.82) is 0 Å². The molecule has 1 heterocycles. The second kappa shape index (κ2) is 3.36. The van der Waals surface area contributed by atoms with Crippen molar-refractivity contribution in [3.05, 3.63) is 34.4 Å². The molecule has 0 fully saturated rings. The number of nitrogens with one attached hydrogen (secondary N) is 1. The van der Waals surface area contributed by atoms with Gasteiger partial charge in [0.2, 0.25) is 0 Å². The van der Waals surface area contributed by atoms with E-state index in [4.69, 9.17) is 23.2 Å². The highest BCUT2D eigenvalue weighted by molar-refractivity contribution is 6.39. The quantitative estimate of drug-likeness (QED) is 0.792. The highest BCUT2D eigenvalue weighted by Crippen LogP contribution is 2.32. The Labute approximate surface area is 84.7 Å². The van der Waals surface area contributed by atoms with Crippen LogP contribution in [0.3, 0.4) is 0 Å². The molecule has 0 aliphatic heterocycles. The first-order valence-electron chi connectivity index (χ1n) is 3.60. The van der Waals surface area contributed by atoms with Crippen molar-refractivity contribution in [2.45, 2.75) is 0 Å². The summed E-state index contributed by atoms with van der Waals surface area (Å²) in [4.78, 5) is 0. The third-order valence-corrected chi connectivity index (χ3v) is 2.27. The first-order valence-corrected chi connectivity index (χ1v) is 4.35. The van der Waals surface area contributed by atoms with Crippen LogP contribution in [0, 0.1) is 0 Å². The van der Waals surface area contributed by atoms with Crippen LogP contribution in [-0.2, 0) is 0 Å². The number of rotatable bonds is 1. The van der Waals surface area contributed by atoms with E-state index < -0.39 is 0 Å². The van der Waals surface area contributed by atoms with Crippen LogP contribution in [-0.4, -0.2) is 15.4 Å². The summed E-state index contributed by atoms with van der Waals surface area (Å²) >= 11 is 11.9. The maximum atomic E-state index is 5.95. The lowest BCUT2D eigenvalue weighted by molar-refractivity contribution is 0.942. The molecule has 3 nitrogen and oxygen atoms in total. The van der Waals surface area contributed by atoms with Gasteiger partial charge in [0, 0.05) is 5.56 Å². The summed E-state index contributed by atoms with van der Waals surface area (Å²) in [6.07, 6.45) is 1.65. The lowest BCUT2D eigenvalue weighted by Gasteiger charge is -2.01. The summed E-state index contributed by atoms with van der Waals surface area (Å²) < 4.78 is 0. The van der Waals surface area contributed by atoms with Crippen molar-refractivity contribution < 1.29 is 0 Å². The zero-order valence-corrected chi connectivity index (χ0v) is 7.97. The van der Waals surface area contributed by atoms with E-state index in [0.717, 1.165) is 0 Å². The van der Waals surface area contributed by atoms with E-state index >= 15 is 0 Å². The number of nitrogens with zero attached hydrogens (tertiary/aromatic N) is 2. The van der Waals surface area contributed by atoms with Crippen molar-refractivity contribution >= 4 is 23.2 Å². The van der Waals surface area contributed by atoms with Crippen molar-refractivity contribution in [3.63, 3.8) is 0 Å². The van der Waals surface area contributed by atoms with Crippen LogP contribution in [0.25, 0.3) is 11.3 Å². The zero-order chi connectivity index (χ0) is 9.26. The minimum Gasteiger partial charge on any atom is -0.265 e. The van der Waals surface area contributed by atoms with E-state index in [2.05, 4.69) is 15.4 Å². The molecule has 0 aliphatic rings. The Morgan fingerprint density at radius 1 is 1.15 bits per heavy atom. The molecular formula is C8H5Cl2N3. The Hall–Kier alpha value is -1.06. The standard InChI is InChI=1S/C8H5Cl2N3/c9-5-2-1-3-6(10)8(5)7-4-11-13-12-7/h1-4H,(H,11,12,13). The molecule has 0 saturated carbocycles. The molecule has 0 saturated heterocycles. The first kappa shape index (κ1) is 8.53. The van der Waals surface area contributed by atoms with E-state index in [1.807, 2.05) is 0 Å². The number of aromatic amines is 1. The van der Waals surface area contributed by atoms with E-state index in [1.165, 1.54) is 0 Å². The Kier molecular flexibility index (Phi) is 2.20. The fraction of sp³-hybridized carbons (Fsp3) is 0. The van der Waals surface area contributed by atoms with Gasteiger partial charge in [0.05, 0.1) is 16.2 Å². The van der Waals surface area contributed by atoms with Crippen molar-refractivity contribution in [2.75, 3.05) is 0 Å². The molecule has 1 N–H and O–H groups in total. The highest BCUT2D eigenvalue weighted by Gasteiger charge is 2.09. The second-order valence-electron chi connectivity index (χ2n) is 2.46. The lowest BCUT2D eigenvalue weighted by Crippen LogP contribution is -1.81. The van der Waals surface area contributed by atoms with E-state index in [-0.39, 0.29) is 0 Å². The fourth-order valence-corrected chi connectivity index (χ4v) is 1.66. The molecule has 13 heavy (non-hydrogen) atoms. The Bertz CT molecular complexity index is 391. The molecule has 0 spiro atoms. The van der Waals surface area contributed by atoms with Crippen LogP contribution in [0.5, 0.6) is 0 Å². The lowest BCUT2D eigenvalue weighted by atomic mass is 10.2. The SMILES string of the molecule is Clc1cccc(Cl)c1-c1c[nH]nn1. The minimum absolute atomic E-state index is 0.571. The zero-order valence-electron chi connectivity index (χ0n) is 6.46. The predicted molar refractivity (Wildman–Crippen MR) is 51.8 cm³/mol. The van der Waals surface area contributed by atoms with Gasteiger partial charge >= 0.3 is 0 Å². The maximum Gasteiger partial charge on any atom is 0.115 e. The molecule has 0 amide bonds. The highest BCUT2D eigenvalue weighted by atomic mass is 35.5. The summed E-state index contributed by atoms with van der Waals surface area (Å²) in [6.45, 7) is 0. The van der Waals surface area contributed by atoms with Crippen molar-refractivity contribution in [1.82, 2.24) is 15.4 Å². The van der Waals surface area contributed by atoms with Crippen molar-refractivity contribution in [3.8, 4) is 11.3 Å². The summed E-state index contributed by atoms with van der Waals surface area (Å²) in [5.41, 5.74) is 1.36. The Morgan fingerprint density at radius 2 is 1.85 bits per heavy atom. The number of hydrogen-bond acceptors (Lipinski definition) is 2. The summed E-state index contributed by atoms with van der Waals surface area (Å²) in [6, 6.07) is 5.31. The van der Waals surface area contributed by atoms with Gasteiger partial charge in [-0.3, -0.25) is 5.10 Å². The van der Waals surface area contributed by atoms with Crippen LogP contribution >= 0.6 is 23.2 Å². The van der Waals surface area contributed by atoms with E-state index in [9.17, 15) is 0 Å². The molecule has 2 aromatic rings. The predicted octanol–water partition coefficient (Wildman–Crippen LogP) is 2.78. The Balaban J connectivity index is 2.64. The van der Waals surface area contributed by atoms with Gasteiger partial charge in [0.25, 0.3) is 0 Å². The van der Waals surface area contributed by atoms with Crippen LogP contribution < -0.4 is 0 Å². The maximum absolute atomic E-state index is 5.95. The van der Waals surface area contributed by atoms with Gasteiger partial charge in [0.1, 0.15) is 5.69 Å². The summed E-state index contributed by atoms with van der Waals surface area (Å²) in [5.74, 6) is 0. The summed E-state index contributed by atoms with van der Waals surface area (Å²) in [7, 11) is 0. The molecule has 0 unspecified atom stereocenters. The van der Waals surface area contributed by atoms with Gasteiger partial charge in [-0.2, -0.15) is 0 Å². The molecule has 1 aromatic heterocycles. The van der Waals surface area contributed by atoms with Gasteiger partial charge in [-0.15, -0.1) is 5.10 Å². The third kappa shape index (κ3) is 1.53. The third-order valence-electron chi connectivity index (χ3n) is 1.64. The molecule has 0 aliphatic carbocycles. The number of halogens is 2. The number of hydrogen-bond donors (Lipinski definition) is 1. The molecule has 0 bridgehead atoms. The molecule has 0 radical (unpaired) electrons. The molecule has 1 aromatic carbocycles. The van der Waals surface area contributed by atoms with Crippen LogP contribution in [0.1, 0.15) is 0 Å². The van der Waals surface area contributed by atoms with Crippen molar-refractivity contribution in [2.24, 2.45) is 0 Å². The minimum atomic E-state index is 0.571. The molecule has 5 heteroatoms. The Morgan fingerprint density at radius 3 is 2.38 bits per heavy atom. The van der Waals surface area contributed by atoms with E-state index in [1.54, 1.807) is 24.4 Å². The molecule has 0 atom stereocenters. The van der Waals surface area contributed by atoms with Gasteiger partial charge in [-0.25, -0.2) is 0 Å². The molecular weight excluding hydrogens is 209 g/mol. The van der Waals surface area contributed by atoms with Crippen LogP contribution in [0.4, 0.5) is 0 Å². The first-order chi connectivity index (χ1) is 6.29. The number of benzene rings is 1. The normalized spacial score (nSPS) is 10.3. The topological polar surface area (TPSA) is 41.6 Å². The van der Waals surface area contributed by atoms with Gasteiger partial charge in [-0.05, 0) is 12.1 Å². The van der Waals surface area contributed by atoms with Crippen LogP contribution in [0.15, 0.2) is 24.4 Å².